The molecule has 2 aromatic rings. The van der Waals surface area contributed by atoms with Crippen LogP contribution in [0.1, 0.15) is 11.3 Å². The van der Waals surface area contributed by atoms with Gasteiger partial charge in [-0.3, -0.25) is 0 Å². The summed E-state index contributed by atoms with van der Waals surface area (Å²) in [5.41, 5.74) is 2.85. The van der Waals surface area contributed by atoms with Crippen LogP contribution in [-0.4, -0.2) is 16.5 Å². The van der Waals surface area contributed by atoms with Gasteiger partial charge >= 0.3 is 0 Å². The molecule has 0 saturated heterocycles. The van der Waals surface area contributed by atoms with Gasteiger partial charge in [-0.05, 0) is 24.1 Å². The van der Waals surface area contributed by atoms with Crippen molar-refractivity contribution in [2.75, 3.05) is 11.4 Å². The van der Waals surface area contributed by atoms with Crippen molar-refractivity contribution in [3.63, 3.8) is 0 Å². The van der Waals surface area contributed by atoms with Crippen LogP contribution in [0, 0.1) is 11.3 Å². The fraction of sp³-hybridized carbons (Fsp3) is 0.154. The molecule has 1 aliphatic heterocycles. The van der Waals surface area contributed by atoms with Crippen molar-refractivity contribution in [2.45, 2.75) is 6.42 Å². The summed E-state index contributed by atoms with van der Waals surface area (Å²) in [4.78, 5) is 10.5. The van der Waals surface area contributed by atoms with E-state index in [2.05, 4.69) is 27.0 Å². The SMILES string of the molecule is N#Cc1ccnc(N2CCc3ccccc32)n1. The average molecular weight is 222 g/mol. The Morgan fingerprint density at radius 1 is 1.24 bits per heavy atom. The number of para-hydroxylation sites is 1. The van der Waals surface area contributed by atoms with E-state index in [1.807, 2.05) is 18.2 Å². The Balaban J connectivity index is 2.04. The van der Waals surface area contributed by atoms with Crippen molar-refractivity contribution in [3.8, 4) is 6.07 Å². The minimum absolute atomic E-state index is 0.402. The first-order valence-electron chi connectivity index (χ1n) is 5.47. The fourth-order valence-electron chi connectivity index (χ4n) is 2.09. The summed E-state index contributed by atoms with van der Waals surface area (Å²) in [5, 5.41) is 8.84. The van der Waals surface area contributed by atoms with E-state index < -0.39 is 0 Å². The molecule has 2 heterocycles. The average Bonchev–Trinajstić information content (AvgIpc) is 2.82. The summed E-state index contributed by atoms with van der Waals surface area (Å²) in [6.45, 7) is 0.869. The maximum Gasteiger partial charge on any atom is 0.231 e. The number of aromatic nitrogens is 2. The second kappa shape index (κ2) is 3.87. The van der Waals surface area contributed by atoms with Crippen LogP contribution < -0.4 is 4.90 Å². The van der Waals surface area contributed by atoms with Gasteiger partial charge in [0, 0.05) is 18.4 Å². The molecule has 1 aromatic heterocycles. The maximum atomic E-state index is 8.84. The van der Waals surface area contributed by atoms with Crippen LogP contribution in [0.5, 0.6) is 0 Å². The summed E-state index contributed by atoms with van der Waals surface area (Å²) in [6.07, 6.45) is 2.62. The summed E-state index contributed by atoms with van der Waals surface area (Å²) >= 11 is 0. The Hall–Kier alpha value is -2.41. The smallest absolute Gasteiger partial charge is 0.231 e. The van der Waals surface area contributed by atoms with Gasteiger partial charge in [-0.15, -0.1) is 0 Å². The molecule has 4 nitrogen and oxygen atoms in total. The van der Waals surface area contributed by atoms with Crippen LogP contribution >= 0.6 is 0 Å². The Kier molecular flexibility index (Phi) is 2.23. The van der Waals surface area contributed by atoms with Gasteiger partial charge in [-0.25, -0.2) is 9.97 Å². The molecule has 0 bridgehead atoms. The molecule has 0 radical (unpaired) electrons. The van der Waals surface area contributed by atoms with Gasteiger partial charge in [-0.2, -0.15) is 5.26 Å². The van der Waals surface area contributed by atoms with Gasteiger partial charge in [0.1, 0.15) is 11.8 Å². The van der Waals surface area contributed by atoms with Gasteiger partial charge in [0.25, 0.3) is 0 Å². The third-order valence-electron chi connectivity index (χ3n) is 2.89. The molecule has 3 rings (SSSR count). The summed E-state index contributed by atoms with van der Waals surface area (Å²) in [5.74, 6) is 0.606. The molecule has 0 fully saturated rings. The second-order valence-electron chi connectivity index (χ2n) is 3.88. The van der Waals surface area contributed by atoms with E-state index in [0.717, 1.165) is 18.7 Å². The predicted molar refractivity (Wildman–Crippen MR) is 63.9 cm³/mol. The number of hydrogen-bond donors (Lipinski definition) is 0. The first-order valence-corrected chi connectivity index (χ1v) is 5.47. The minimum Gasteiger partial charge on any atom is -0.310 e. The summed E-state index contributed by atoms with van der Waals surface area (Å²) in [6, 6.07) is 11.9. The highest BCUT2D eigenvalue weighted by atomic mass is 15.3. The van der Waals surface area contributed by atoms with Gasteiger partial charge in [0.2, 0.25) is 5.95 Å². The molecule has 82 valence electrons. The largest absolute Gasteiger partial charge is 0.310 e. The minimum atomic E-state index is 0.402. The van der Waals surface area contributed by atoms with Crippen molar-refractivity contribution in [1.29, 1.82) is 5.26 Å². The molecule has 1 aliphatic rings. The quantitative estimate of drug-likeness (QED) is 0.741. The summed E-state index contributed by atoms with van der Waals surface area (Å²) < 4.78 is 0. The lowest BCUT2D eigenvalue weighted by atomic mass is 10.2. The number of benzene rings is 1. The third-order valence-corrected chi connectivity index (χ3v) is 2.89. The topological polar surface area (TPSA) is 52.8 Å². The zero-order valence-corrected chi connectivity index (χ0v) is 9.17. The number of fused-ring (bicyclic) bond motifs is 1. The van der Waals surface area contributed by atoms with Crippen LogP contribution in [0.4, 0.5) is 11.6 Å². The van der Waals surface area contributed by atoms with Crippen molar-refractivity contribution >= 4 is 11.6 Å². The zero-order chi connectivity index (χ0) is 11.7. The first-order chi connectivity index (χ1) is 8.38. The van der Waals surface area contributed by atoms with Crippen LogP contribution in [0.25, 0.3) is 0 Å². The van der Waals surface area contributed by atoms with E-state index >= 15 is 0 Å². The highest BCUT2D eigenvalue weighted by molar-refractivity contribution is 5.65. The second-order valence-corrected chi connectivity index (χ2v) is 3.88. The lowest BCUT2D eigenvalue weighted by Crippen LogP contribution is -2.16. The van der Waals surface area contributed by atoms with Crippen LogP contribution in [-0.2, 0) is 6.42 Å². The van der Waals surface area contributed by atoms with Gasteiger partial charge in [0.05, 0.1) is 0 Å². The van der Waals surface area contributed by atoms with E-state index in [0.29, 0.717) is 11.6 Å². The van der Waals surface area contributed by atoms with E-state index in [1.54, 1.807) is 12.3 Å². The van der Waals surface area contributed by atoms with Crippen molar-refractivity contribution < 1.29 is 0 Å². The highest BCUT2D eigenvalue weighted by Gasteiger charge is 2.21. The number of anilines is 2. The first kappa shape index (κ1) is 9.79. The number of nitriles is 1. The standard InChI is InChI=1S/C13H10N4/c14-9-11-5-7-15-13(16-11)17-8-6-10-3-1-2-4-12(10)17/h1-5,7H,6,8H2. The highest BCUT2D eigenvalue weighted by Crippen LogP contribution is 2.31. The normalized spacial score (nSPS) is 13.2. The van der Waals surface area contributed by atoms with Gasteiger partial charge < -0.3 is 4.90 Å². The monoisotopic (exact) mass is 222 g/mol. The Morgan fingerprint density at radius 2 is 2.12 bits per heavy atom. The predicted octanol–water partition coefficient (Wildman–Crippen LogP) is 2.04. The molecule has 4 heteroatoms. The number of hydrogen-bond acceptors (Lipinski definition) is 4. The van der Waals surface area contributed by atoms with Gasteiger partial charge in [0.15, 0.2) is 0 Å². The lowest BCUT2D eigenvalue weighted by molar-refractivity contribution is 0.935. The van der Waals surface area contributed by atoms with Crippen molar-refractivity contribution in [3.05, 3.63) is 47.8 Å². The van der Waals surface area contributed by atoms with E-state index in [-0.39, 0.29) is 0 Å². The Labute approximate surface area is 99.2 Å². The molecule has 0 saturated carbocycles. The van der Waals surface area contributed by atoms with E-state index in [9.17, 15) is 0 Å². The molecule has 0 atom stereocenters. The Bertz CT molecular complexity index is 600. The molecular formula is C13H10N4. The third kappa shape index (κ3) is 1.62. The zero-order valence-electron chi connectivity index (χ0n) is 9.17. The molecule has 0 amide bonds. The fourth-order valence-corrected chi connectivity index (χ4v) is 2.09. The molecular weight excluding hydrogens is 212 g/mol. The maximum absolute atomic E-state index is 8.84. The van der Waals surface area contributed by atoms with Gasteiger partial charge in [-0.1, -0.05) is 18.2 Å². The molecule has 1 aromatic carbocycles. The van der Waals surface area contributed by atoms with Crippen LogP contribution in [0.3, 0.4) is 0 Å². The summed E-state index contributed by atoms with van der Waals surface area (Å²) in [7, 11) is 0. The Morgan fingerprint density at radius 3 is 3.00 bits per heavy atom. The van der Waals surface area contributed by atoms with Crippen molar-refractivity contribution in [2.24, 2.45) is 0 Å². The van der Waals surface area contributed by atoms with Crippen molar-refractivity contribution in [1.82, 2.24) is 9.97 Å². The molecule has 0 aliphatic carbocycles. The van der Waals surface area contributed by atoms with E-state index in [4.69, 9.17) is 5.26 Å². The van der Waals surface area contributed by atoms with Crippen LogP contribution in [0.15, 0.2) is 36.5 Å². The molecule has 0 spiro atoms. The van der Waals surface area contributed by atoms with Crippen LogP contribution in [0.2, 0.25) is 0 Å². The molecule has 0 N–H and O–H groups in total. The lowest BCUT2D eigenvalue weighted by Gasteiger charge is -2.16. The number of rotatable bonds is 1. The molecule has 0 unspecified atom stereocenters. The van der Waals surface area contributed by atoms with E-state index in [1.165, 1.54) is 5.56 Å². The number of nitrogens with zero attached hydrogens (tertiary/aromatic N) is 4. The molecule has 17 heavy (non-hydrogen) atoms.